The van der Waals surface area contributed by atoms with Gasteiger partial charge in [0.25, 0.3) is 0 Å². The molecule has 0 aliphatic carbocycles. The fraction of sp³-hybridized carbons (Fsp3) is 0.667. The lowest BCUT2D eigenvalue weighted by Gasteiger charge is -2.33. The predicted molar refractivity (Wildman–Crippen MR) is 90.4 cm³/mol. The average Bonchev–Trinajstić information content (AvgIpc) is 2.48. The van der Waals surface area contributed by atoms with E-state index < -0.39 is 0 Å². The minimum atomic E-state index is 0.883. The third kappa shape index (κ3) is 5.42. The monoisotopic (exact) mass is 289 g/mol. The first-order chi connectivity index (χ1) is 10.2. The first-order valence-electron chi connectivity index (χ1n) is 8.33. The van der Waals surface area contributed by atoms with E-state index in [1.165, 1.54) is 43.6 Å². The van der Waals surface area contributed by atoms with Gasteiger partial charge in [-0.05, 0) is 63.6 Å². The van der Waals surface area contributed by atoms with E-state index in [1.54, 1.807) is 0 Å². The molecule has 0 spiro atoms. The maximum atomic E-state index is 3.45. The molecule has 0 radical (unpaired) electrons. The molecule has 0 aromatic heterocycles. The summed E-state index contributed by atoms with van der Waals surface area (Å²) in [6, 6.07) is 8.87. The number of rotatable bonds is 7. The van der Waals surface area contributed by atoms with Gasteiger partial charge in [0.05, 0.1) is 0 Å². The number of nitrogens with zero attached hydrogens (tertiary/aromatic N) is 2. The third-order valence-electron chi connectivity index (χ3n) is 4.41. The van der Waals surface area contributed by atoms with E-state index in [9.17, 15) is 0 Å². The molecule has 1 saturated heterocycles. The zero-order valence-corrected chi connectivity index (χ0v) is 13.9. The zero-order chi connectivity index (χ0) is 15.1. The highest BCUT2D eigenvalue weighted by Gasteiger charge is 2.20. The number of hydrogen-bond acceptors (Lipinski definition) is 3. The van der Waals surface area contributed by atoms with Crippen LogP contribution in [0, 0.1) is 5.92 Å². The first kappa shape index (κ1) is 16.5. The van der Waals surface area contributed by atoms with E-state index in [2.05, 4.69) is 60.4 Å². The highest BCUT2D eigenvalue weighted by Crippen LogP contribution is 2.20. The van der Waals surface area contributed by atoms with Gasteiger partial charge in [-0.3, -0.25) is 4.90 Å². The fourth-order valence-corrected chi connectivity index (χ4v) is 3.23. The Bertz CT molecular complexity index is 409. The van der Waals surface area contributed by atoms with E-state index in [-0.39, 0.29) is 0 Å². The molecule has 1 aromatic rings. The summed E-state index contributed by atoms with van der Waals surface area (Å²) in [6.45, 7) is 9.02. The summed E-state index contributed by atoms with van der Waals surface area (Å²) in [6.07, 6.45) is 2.68. The van der Waals surface area contributed by atoms with Crippen LogP contribution in [0.2, 0.25) is 0 Å². The molecular formula is C18H31N3. The lowest BCUT2D eigenvalue weighted by atomic mass is 9.95. The molecule has 2 rings (SSSR count). The van der Waals surface area contributed by atoms with Crippen molar-refractivity contribution in [2.45, 2.75) is 32.9 Å². The van der Waals surface area contributed by atoms with Crippen LogP contribution >= 0.6 is 0 Å². The van der Waals surface area contributed by atoms with Crippen molar-refractivity contribution >= 4 is 0 Å². The Hall–Kier alpha value is -0.900. The normalized spacial score (nSPS) is 17.5. The molecule has 0 atom stereocenters. The zero-order valence-electron chi connectivity index (χ0n) is 13.9. The standard InChI is InChI=1S/C18H31N3/c1-4-19-13-17-7-5-6-8-18(17)15-21-11-9-16(10-12-21)14-20(2)3/h5-8,16,19H,4,9-15H2,1-3H3. The summed E-state index contributed by atoms with van der Waals surface area (Å²) < 4.78 is 0. The first-order valence-corrected chi connectivity index (χ1v) is 8.33. The molecule has 118 valence electrons. The molecule has 0 saturated carbocycles. The second-order valence-corrected chi connectivity index (χ2v) is 6.53. The third-order valence-corrected chi connectivity index (χ3v) is 4.41. The molecule has 1 heterocycles. The van der Waals surface area contributed by atoms with E-state index >= 15 is 0 Å². The molecule has 3 nitrogen and oxygen atoms in total. The summed E-state index contributed by atoms with van der Waals surface area (Å²) in [5.74, 6) is 0.883. The smallest absolute Gasteiger partial charge is 0.0236 e. The minimum absolute atomic E-state index is 0.883. The van der Waals surface area contributed by atoms with Crippen LogP contribution in [0.3, 0.4) is 0 Å². The van der Waals surface area contributed by atoms with E-state index in [4.69, 9.17) is 0 Å². The van der Waals surface area contributed by atoms with Crippen molar-refractivity contribution in [3.8, 4) is 0 Å². The molecule has 1 aliphatic rings. The van der Waals surface area contributed by atoms with Crippen molar-refractivity contribution in [1.29, 1.82) is 0 Å². The highest BCUT2D eigenvalue weighted by molar-refractivity contribution is 5.27. The summed E-state index contributed by atoms with van der Waals surface area (Å²) in [5.41, 5.74) is 2.94. The van der Waals surface area contributed by atoms with Gasteiger partial charge in [0.2, 0.25) is 0 Å². The maximum absolute atomic E-state index is 3.45. The number of nitrogens with one attached hydrogen (secondary N) is 1. The quantitative estimate of drug-likeness (QED) is 0.832. The molecule has 3 heteroatoms. The van der Waals surface area contributed by atoms with Crippen molar-refractivity contribution in [3.05, 3.63) is 35.4 Å². The summed E-state index contributed by atoms with van der Waals surface area (Å²) in [7, 11) is 4.37. The summed E-state index contributed by atoms with van der Waals surface area (Å²) in [4.78, 5) is 4.95. The second-order valence-electron chi connectivity index (χ2n) is 6.53. The van der Waals surface area contributed by atoms with Gasteiger partial charge in [-0.25, -0.2) is 0 Å². The highest BCUT2D eigenvalue weighted by atomic mass is 15.1. The van der Waals surface area contributed by atoms with Crippen LogP contribution in [0.4, 0.5) is 0 Å². The molecule has 0 amide bonds. The Morgan fingerprint density at radius 3 is 2.43 bits per heavy atom. The lowest BCUT2D eigenvalue weighted by Crippen LogP contribution is -2.36. The van der Waals surface area contributed by atoms with Crippen LogP contribution < -0.4 is 5.32 Å². The maximum Gasteiger partial charge on any atom is 0.0236 e. The number of piperidine rings is 1. The van der Waals surface area contributed by atoms with Crippen molar-refractivity contribution in [1.82, 2.24) is 15.1 Å². The molecule has 1 N–H and O–H groups in total. The van der Waals surface area contributed by atoms with Gasteiger partial charge in [-0.1, -0.05) is 31.2 Å². The topological polar surface area (TPSA) is 18.5 Å². The van der Waals surface area contributed by atoms with Crippen LogP contribution in [0.1, 0.15) is 30.9 Å². The van der Waals surface area contributed by atoms with Crippen LogP contribution in [0.25, 0.3) is 0 Å². The van der Waals surface area contributed by atoms with Gasteiger partial charge in [0.15, 0.2) is 0 Å². The van der Waals surface area contributed by atoms with E-state index in [1.807, 2.05) is 0 Å². The molecule has 0 bridgehead atoms. The molecular weight excluding hydrogens is 258 g/mol. The largest absolute Gasteiger partial charge is 0.313 e. The lowest BCUT2D eigenvalue weighted by molar-refractivity contribution is 0.156. The van der Waals surface area contributed by atoms with Gasteiger partial charge in [-0.15, -0.1) is 0 Å². The SMILES string of the molecule is CCNCc1ccccc1CN1CCC(CN(C)C)CC1. The Morgan fingerprint density at radius 2 is 1.81 bits per heavy atom. The van der Waals surface area contributed by atoms with E-state index in [0.29, 0.717) is 0 Å². The number of likely N-dealkylation sites (tertiary alicyclic amines) is 1. The van der Waals surface area contributed by atoms with Gasteiger partial charge >= 0.3 is 0 Å². The Morgan fingerprint density at radius 1 is 1.14 bits per heavy atom. The Labute approximate surface area is 130 Å². The average molecular weight is 289 g/mol. The predicted octanol–water partition coefficient (Wildman–Crippen LogP) is 2.57. The van der Waals surface area contributed by atoms with Gasteiger partial charge in [-0.2, -0.15) is 0 Å². The van der Waals surface area contributed by atoms with Crippen molar-refractivity contribution in [3.63, 3.8) is 0 Å². The molecule has 1 aromatic carbocycles. The molecule has 1 aliphatic heterocycles. The van der Waals surface area contributed by atoms with Crippen molar-refractivity contribution in [2.75, 3.05) is 40.3 Å². The van der Waals surface area contributed by atoms with E-state index in [0.717, 1.165) is 25.6 Å². The summed E-state index contributed by atoms with van der Waals surface area (Å²) in [5, 5.41) is 3.45. The summed E-state index contributed by atoms with van der Waals surface area (Å²) >= 11 is 0. The fourth-order valence-electron chi connectivity index (χ4n) is 3.23. The van der Waals surface area contributed by atoms with Crippen molar-refractivity contribution < 1.29 is 0 Å². The van der Waals surface area contributed by atoms with Gasteiger partial charge < -0.3 is 10.2 Å². The van der Waals surface area contributed by atoms with Crippen LogP contribution in [-0.4, -0.2) is 50.1 Å². The van der Waals surface area contributed by atoms with Gasteiger partial charge in [0.1, 0.15) is 0 Å². The van der Waals surface area contributed by atoms with Crippen LogP contribution in [0.15, 0.2) is 24.3 Å². The van der Waals surface area contributed by atoms with Gasteiger partial charge in [0, 0.05) is 19.6 Å². The second kappa shape index (κ2) is 8.52. The molecule has 1 fully saturated rings. The van der Waals surface area contributed by atoms with Crippen LogP contribution in [-0.2, 0) is 13.1 Å². The Balaban J connectivity index is 1.85. The number of benzene rings is 1. The minimum Gasteiger partial charge on any atom is -0.313 e. The Kier molecular flexibility index (Phi) is 6.68. The van der Waals surface area contributed by atoms with Crippen LogP contribution in [0.5, 0.6) is 0 Å². The molecule has 21 heavy (non-hydrogen) atoms. The van der Waals surface area contributed by atoms with Crippen molar-refractivity contribution in [2.24, 2.45) is 5.92 Å². The number of hydrogen-bond donors (Lipinski definition) is 1. The molecule has 0 unspecified atom stereocenters.